The van der Waals surface area contributed by atoms with Gasteiger partial charge in [0.1, 0.15) is 17.9 Å². The van der Waals surface area contributed by atoms with Crippen molar-refractivity contribution in [2.45, 2.75) is 83.8 Å². The summed E-state index contributed by atoms with van der Waals surface area (Å²) in [5, 5.41) is 29.5. The second-order valence-electron chi connectivity index (χ2n) is 16.7. The van der Waals surface area contributed by atoms with E-state index in [1.165, 1.54) is 6.42 Å². The Bertz CT molecular complexity index is 1800. The second kappa shape index (κ2) is 17.0. The van der Waals surface area contributed by atoms with Crippen LogP contribution in [-0.4, -0.2) is 99.0 Å². The highest BCUT2D eigenvalue weighted by Crippen LogP contribution is 2.61. The summed E-state index contributed by atoms with van der Waals surface area (Å²) in [5.41, 5.74) is 5.00. The third-order valence-electron chi connectivity index (χ3n) is 12.7. The first-order valence-electron chi connectivity index (χ1n) is 19.6. The normalized spacial score (nSPS) is 26.8. The molecule has 2 bridgehead atoms. The summed E-state index contributed by atoms with van der Waals surface area (Å²) in [5.74, 6) is 0.943. The molecule has 7 rings (SSSR count). The fourth-order valence-corrected chi connectivity index (χ4v) is 9.51. The molecule has 3 aromatic carbocycles. The van der Waals surface area contributed by atoms with Crippen LogP contribution in [0, 0.1) is 29.1 Å². The Labute approximate surface area is 326 Å². The molecule has 3 aromatic rings. The summed E-state index contributed by atoms with van der Waals surface area (Å²) in [7, 11) is 7.10. The molecule has 11 nitrogen and oxygen atoms in total. The predicted molar refractivity (Wildman–Crippen MR) is 214 cm³/mol. The molecule has 55 heavy (non-hydrogen) atoms. The maximum Gasteiger partial charge on any atom is 0.251 e. The molecule has 1 heterocycles. The molecule has 0 unspecified atom stereocenters. The molecule has 9 atom stereocenters. The molecule has 298 valence electrons. The minimum Gasteiger partial charge on any atom is -0.496 e. The van der Waals surface area contributed by atoms with Gasteiger partial charge in [-0.2, -0.15) is 5.06 Å². The van der Waals surface area contributed by atoms with Gasteiger partial charge in [-0.25, -0.2) is 0 Å². The van der Waals surface area contributed by atoms with Crippen LogP contribution in [0.2, 0.25) is 0 Å². The van der Waals surface area contributed by atoms with E-state index in [0.29, 0.717) is 42.1 Å². The number of anilines is 1. The Morgan fingerprint density at radius 3 is 2.42 bits per heavy atom. The van der Waals surface area contributed by atoms with Gasteiger partial charge in [-0.15, -0.1) is 0 Å². The third kappa shape index (κ3) is 8.42. The van der Waals surface area contributed by atoms with Gasteiger partial charge in [0.2, 0.25) is 5.91 Å². The highest BCUT2D eigenvalue weighted by molar-refractivity contribution is 5.97. The molecule has 3 aliphatic carbocycles. The predicted octanol–water partition coefficient (Wildman–Crippen LogP) is 5.08. The van der Waals surface area contributed by atoms with E-state index in [0.717, 1.165) is 34.4 Å². The lowest BCUT2D eigenvalue weighted by Gasteiger charge is -2.62. The largest absolute Gasteiger partial charge is 0.496 e. The lowest BCUT2D eigenvalue weighted by Crippen LogP contribution is -2.62. The Balaban J connectivity index is 1.28. The molecule has 0 aromatic heterocycles. The molecule has 1 aliphatic heterocycles. The number of aliphatic hydroxyl groups is 2. The number of para-hydroxylation sites is 1. The van der Waals surface area contributed by atoms with Crippen molar-refractivity contribution in [1.29, 1.82) is 0 Å². The molecule has 4 fully saturated rings. The van der Waals surface area contributed by atoms with Gasteiger partial charge in [0, 0.05) is 55.5 Å². The van der Waals surface area contributed by atoms with E-state index in [2.05, 4.69) is 31.4 Å². The van der Waals surface area contributed by atoms with Crippen molar-refractivity contribution < 1.29 is 34.1 Å². The number of fused-ring (bicyclic) bond motifs is 2. The molecular weight excluding hydrogens is 697 g/mol. The topological polar surface area (TPSA) is 133 Å². The van der Waals surface area contributed by atoms with Gasteiger partial charge in [0.15, 0.2) is 0 Å². The van der Waals surface area contributed by atoms with E-state index in [-0.39, 0.29) is 42.5 Å². The van der Waals surface area contributed by atoms with Gasteiger partial charge >= 0.3 is 0 Å². The fourth-order valence-electron chi connectivity index (χ4n) is 9.51. The third-order valence-corrected chi connectivity index (χ3v) is 12.7. The average molecular weight is 757 g/mol. The number of carbonyl (C=O) groups excluding carboxylic acids is 2. The first-order valence-corrected chi connectivity index (χ1v) is 19.6. The quantitative estimate of drug-likeness (QED) is 0.168. The van der Waals surface area contributed by atoms with Crippen LogP contribution >= 0.6 is 0 Å². The van der Waals surface area contributed by atoms with Crippen LogP contribution in [0.5, 0.6) is 5.75 Å². The van der Waals surface area contributed by atoms with E-state index in [9.17, 15) is 19.8 Å². The number of nitrogens with zero attached hydrogens (tertiary/aromatic N) is 2. The van der Waals surface area contributed by atoms with Crippen molar-refractivity contribution in [2.24, 2.45) is 29.1 Å². The lowest BCUT2D eigenvalue weighted by atomic mass is 9.45. The minimum absolute atomic E-state index is 0.0327. The van der Waals surface area contributed by atoms with Gasteiger partial charge in [0.25, 0.3) is 5.91 Å². The SMILES string of the molecule is COC[C@H](Cc1ccccc1)NC(=O)c1cc(-c2cccc(CN3O[C@@H](CO)[C@@H]([C@H](C)O)[C@H]3C(=O)N[C@H]3C[C@H]4C[C@@H]([C@@H]3C)C4(C)C)c2OC)cc(N(C)C)c1. The summed E-state index contributed by atoms with van der Waals surface area (Å²) < 4.78 is 11.6. The van der Waals surface area contributed by atoms with Gasteiger partial charge in [0.05, 0.1) is 39.0 Å². The number of hydroxylamine groups is 2. The van der Waals surface area contributed by atoms with E-state index < -0.39 is 24.2 Å². The number of hydrogen-bond donors (Lipinski definition) is 4. The molecule has 4 aliphatic rings. The number of nitrogens with one attached hydrogen (secondary N) is 2. The monoisotopic (exact) mass is 756 g/mol. The summed E-state index contributed by atoms with van der Waals surface area (Å²) in [6, 6.07) is 20.5. The van der Waals surface area contributed by atoms with Gasteiger partial charge in [-0.05, 0) is 78.7 Å². The maximum absolute atomic E-state index is 14.3. The zero-order chi connectivity index (χ0) is 39.6. The number of ether oxygens (including phenoxy) is 2. The zero-order valence-electron chi connectivity index (χ0n) is 33.6. The number of rotatable bonds is 15. The van der Waals surface area contributed by atoms with Crippen LogP contribution in [0.1, 0.15) is 62.0 Å². The maximum atomic E-state index is 14.3. The first-order chi connectivity index (χ1) is 26.3. The molecule has 2 amide bonds. The number of benzene rings is 3. The molecule has 4 N–H and O–H groups in total. The number of methoxy groups -OCH3 is 2. The van der Waals surface area contributed by atoms with Crippen LogP contribution in [-0.2, 0) is 27.3 Å². The van der Waals surface area contributed by atoms with E-state index in [1.807, 2.05) is 85.7 Å². The molecule has 0 spiro atoms. The molecule has 0 radical (unpaired) electrons. The number of amides is 2. The lowest BCUT2D eigenvalue weighted by molar-refractivity contribution is -0.183. The van der Waals surface area contributed by atoms with Crippen LogP contribution in [0.25, 0.3) is 11.1 Å². The Kier molecular flexibility index (Phi) is 12.6. The highest BCUT2D eigenvalue weighted by Gasteiger charge is 2.57. The van der Waals surface area contributed by atoms with Crippen molar-refractivity contribution >= 4 is 17.5 Å². The van der Waals surface area contributed by atoms with Crippen molar-refractivity contribution in [1.82, 2.24) is 15.7 Å². The summed E-state index contributed by atoms with van der Waals surface area (Å²) in [6.07, 6.45) is 1.08. The molecule has 1 saturated heterocycles. The first kappa shape index (κ1) is 40.7. The minimum atomic E-state index is -0.906. The smallest absolute Gasteiger partial charge is 0.251 e. The van der Waals surface area contributed by atoms with E-state index >= 15 is 0 Å². The number of hydrogen-bond acceptors (Lipinski definition) is 9. The summed E-state index contributed by atoms with van der Waals surface area (Å²) in [6.45, 7) is 8.73. The Morgan fingerprint density at radius 2 is 1.80 bits per heavy atom. The summed E-state index contributed by atoms with van der Waals surface area (Å²) >= 11 is 0. The molecule has 11 heteroatoms. The van der Waals surface area contributed by atoms with Gasteiger partial charge in [-0.1, -0.05) is 69.3 Å². The van der Waals surface area contributed by atoms with Crippen LogP contribution in [0.15, 0.2) is 66.7 Å². The summed E-state index contributed by atoms with van der Waals surface area (Å²) in [4.78, 5) is 36.4. The van der Waals surface area contributed by atoms with Crippen molar-refractivity contribution in [3.8, 4) is 16.9 Å². The molecular formula is C44H60N4O7. The average Bonchev–Trinajstić information content (AvgIpc) is 3.54. The van der Waals surface area contributed by atoms with Crippen molar-refractivity contribution in [3.05, 3.63) is 83.4 Å². The Morgan fingerprint density at radius 1 is 1.05 bits per heavy atom. The van der Waals surface area contributed by atoms with Crippen molar-refractivity contribution in [2.75, 3.05) is 46.4 Å². The number of carbonyl (C=O) groups is 2. The zero-order valence-corrected chi connectivity index (χ0v) is 33.6. The van der Waals surface area contributed by atoms with Gasteiger partial charge in [-0.3, -0.25) is 14.4 Å². The Hall–Kier alpha value is -4.00. The standard InChI is InChI=1S/C44H60N4O7/c1-26-36-21-32(44(36,3)4)22-37(26)46-43(52)40-39(27(2)50)38(24-49)55-48(40)23-29-15-12-16-35(41(29)54-8)30-18-31(20-34(19-30)47(5)6)42(51)45-33(25-53-7)17-28-13-10-9-11-14-28/h9-16,18-20,26-27,32-33,36-40,49-50H,17,21-25H2,1-8H3,(H,45,51)(H,46,52)/t26-,27-,32+,33-,36-,37-,38-,39+,40-/m0/s1. The van der Waals surface area contributed by atoms with Crippen molar-refractivity contribution in [3.63, 3.8) is 0 Å². The van der Waals surface area contributed by atoms with E-state index in [1.54, 1.807) is 26.2 Å². The van der Waals surface area contributed by atoms with Gasteiger partial charge < -0.3 is 35.2 Å². The van der Waals surface area contributed by atoms with Crippen LogP contribution in [0.4, 0.5) is 5.69 Å². The fraction of sp³-hybridized carbons (Fsp3) is 0.545. The van der Waals surface area contributed by atoms with Crippen LogP contribution in [0.3, 0.4) is 0 Å². The number of aliphatic hydroxyl groups excluding tert-OH is 2. The molecule has 3 saturated carbocycles. The highest BCUT2D eigenvalue weighted by atomic mass is 16.7. The van der Waals surface area contributed by atoms with Crippen LogP contribution < -0.4 is 20.3 Å². The second-order valence-corrected chi connectivity index (χ2v) is 16.7. The van der Waals surface area contributed by atoms with E-state index in [4.69, 9.17) is 14.3 Å².